The van der Waals surface area contributed by atoms with Crippen LogP contribution < -0.4 is 0 Å². The molecule has 0 aliphatic carbocycles. The maximum atomic E-state index is 13.7. The van der Waals surface area contributed by atoms with Crippen LogP contribution in [-0.4, -0.2) is 59.9 Å². The summed E-state index contributed by atoms with van der Waals surface area (Å²) in [5, 5.41) is 1.12. The number of amides is 2. The first kappa shape index (κ1) is 27.1. The fourth-order valence-electron chi connectivity index (χ4n) is 4.49. The molecule has 0 bridgehead atoms. The number of aryl methyl sites for hydroxylation is 1. The third-order valence-corrected chi connectivity index (χ3v) is 6.65. The maximum absolute atomic E-state index is 13.7. The largest absolute Gasteiger partial charge is 0.385 e. The van der Waals surface area contributed by atoms with Gasteiger partial charge >= 0.3 is 0 Å². The minimum absolute atomic E-state index is 0.0501. The number of rotatable bonds is 12. The lowest BCUT2D eigenvalue weighted by molar-refractivity contribution is -0.132. The van der Waals surface area contributed by atoms with Crippen LogP contribution in [0.4, 0.5) is 4.39 Å². The van der Waals surface area contributed by atoms with E-state index >= 15 is 0 Å². The van der Waals surface area contributed by atoms with E-state index in [4.69, 9.17) is 4.74 Å². The molecular formula is C31H34FN3O3. The number of H-pyrrole nitrogens is 1. The summed E-state index contributed by atoms with van der Waals surface area (Å²) in [6.45, 7) is 3.60. The van der Waals surface area contributed by atoms with Gasteiger partial charge in [0.2, 0.25) is 5.91 Å². The van der Waals surface area contributed by atoms with Gasteiger partial charge in [-0.15, -0.1) is 0 Å². The molecule has 0 unspecified atom stereocenters. The van der Waals surface area contributed by atoms with Crippen LogP contribution in [0.2, 0.25) is 0 Å². The summed E-state index contributed by atoms with van der Waals surface area (Å²) in [7, 11) is 1.62. The SMILES string of the molecule is COCCCN(CC(=O)N(CCc1c[nH]c2ccccc12)Cc1ccc(F)cc1)C(=O)c1ccc(C)cc1. The number of ether oxygens (including phenoxy) is 1. The zero-order valence-electron chi connectivity index (χ0n) is 22.0. The molecule has 0 atom stereocenters. The summed E-state index contributed by atoms with van der Waals surface area (Å²) < 4.78 is 18.7. The van der Waals surface area contributed by atoms with Crippen LogP contribution >= 0.6 is 0 Å². The van der Waals surface area contributed by atoms with Crippen molar-refractivity contribution in [1.29, 1.82) is 0 Å². The van der Waals surface area contributed by atoms with E-state index in [1.165, 1.54) is 12.1 Å². The third kappa shape index (κ3) is 7.07. The van der Waals surface area contributed by atoms with E-state index in [-0.39, 0.29) is 24.2 Å². The average Bonchev–Trinajstić information content (AvgIpc) is 3.34. The van der Waals surface area contributed by atoms with E-state index in [1.807, 2.05) is 43.5 Å². The van der Waals surface area contributed by atoms with Gasteiger partial charge in [0, 0.05) is 56.0 Å². The Bertz CT molecular complexity index is 1350. The second-order valence-electron chi connectivity index (χ2n) is 9.49. The van der Waals surface area contributed by atoms with Crippen molar-refractivity contribution in [2.24, 2.45) is 0 Å². The topological polar surface area (TPSA) is 65.6 Å². The minimum atomic E-state index is -0.321. The number of fused-ring (bicyclic) bond motifs is 1. The molecule has 198 valence electrons. The number of halogens is 1. The number of hydrogen-bond acceptors (Lipinski definition) is 3. The van der Waals surface area contributed by atoms with Crippen molar-refractivity contribution in [3.8, 4) is 0 Å². The number of nitrogens with one attached hydrogen (secondary N) is 1. The van der Waals surface area contributed by atoms with Crippen molar-refractivity contribution in [2.45, 2.75) is 26.3 Å². The summed E-state index contributed by atoms with van der Waals surface area (Å²) in [6.07, 6.45) is 3.24. The molecule has 6 nitrogen and oxygen atoms in total. The van der Waals surface area contributed by atoms with Crippen LogP contribution in [0.5, 0.6) is 0 Å². The highest BCUT2D eigenvalue weighted by Crippen LogP contribution is 2.19. The molecule has 0 fully saturated rings. The van der Waals surface area contributed by atoms with Gasteiger partial charge in [-0.3, -0.25) is 9.59 Å². The summed E-state index contributed by atoms with van der Waals surface area (Å²) in [5.41, 5.74) is 4.60. The molecule has 0 aliphatic heterocycles. The molecule has 0 aliphatic rings. The van der Waals surface area contributed by atoms with Gasteiger partial charge in [-0.2, -0.15) is 0 Å². The van der Waals surface area contributed by atoms with Crippen molar-refractivity contribution < 1.29 is 18.7 Å². The van der Waals surface area contributed by atoms with Crippen molar-refractivity contribution in [2.75, 3.05) is 33.4 Å². The monoisotopic (exact) mass is 515 g/mol. The lowest BCUT2D eigenvalue weighted by atomic mass is 10.1. The number of hydrogen-bond donors (Lipinski definition) is 1. The van der Waals surface area contributed by atoms with Crippen molar-refractivity contribution in [3.63, 3.8) is 0 Å². The molecule has 0 saturated heterocycles. The Morgan fingerprint density at radius 1 is 0.921 bits per heavy atom. The first-order valence-corrected chi connectivity index (χ1v) is 12.9. The van der Waals surface area contributed by atoms with Crippen LogP contribution in [0.1, 0.15) is 33.5 Å². The molecule has 0 spiro atoms. The molecule has 2 amide bonds. The van der Waals surface area contributed by atoms with E-state index < -0.39 is 0 Å². The van der Waals surface area contributed by atoms with Gasteiger partial charge in [0.1, 0.15) is 12.4 Å². The third-order valence-electron chi connectivity index (χ3n) is 6.65. The van der Waals surface area contributed by atoms with Crippen LogP contribution in [-0.2, 0) is 22.5 Å². The Kier molecular flexibility index (Phi) is 9.27. The molecule has 0 saturated carbocycles. The van der Waals surface area contributed by atoms with Crippen LogP contribution in [0.25, 0.3) is 10.9 Å². The number of nitrogens with zero attached hydrogens (tertiary/aromatic N) is 2. The molecule has 4 rings (SSSR count). The number of para-hydroxylation sites is 1. The van der Waals surface area contributed by atoms with Crippen molar-refractivity contribution in [3.05, 3.63) is 107 Å². The molecule has 3 aromatic carbocycles. The quantitative estimate of drug-likeness (QED) is 0.258. The summed E-state index contributed by atoms with van der Waals surface area (Å²) in [5.74, 6) is -0.668. The molecular weight excluding hydrogens is 481 g/mol. The smallest absolute Gasteiger partial charge is 0.254 e. The molecule has 1 aromatic heterocycles. The molecule has 38 heavy (non-hydrogen) atoms. The van der Waals surface area contributed by atoms with Crippen LogP contribution in [0, 0.1) is 12.7 Å². The van der Waals surface area contributed by atoms with Gasteiger partial charge in [0.05, 0.1) is 0 Å². The molecule has 1 heterocycles. The standard InChI is InChI=1S/C31H34FN3O3/c1-23-8-12-25(13-9-23)31(37)35(17-5-19-38-2)22-30(36)34(21-24-10-14-27(32)15-11-24)18-16-26-20-33-29-7-4-3-6-28(26)29/h3-4,6-15,20,33H,5,16-19,21-22H2,1-2H3. The highest BCUT2D eigenvalue weighted by molar-refractivity contribution is 5.96. The molecule has 1 N–H and O–H groups in total. The van der Waals surface area contributed by atoms with Gasteiger partial charge in [-0.25, -0.2) is 4.39 Å². The predicted octanol–water partition coefficient (Wildman–Crippen LogP) is 5.37. The van der Waals surface area contributed by atoms with E-state index in [1.54, 1.807) is 41.2 Å². The molecule has 0 radical (unpaired) electrons. The van der Waals surface area contributed by atoms with Gasteiger partial charge in [0.25, 0.3) is 5.91 Å². The van der Waals surface area contributed by atoms with Crippen LogP contribution in [0.3, 0.4) is 0 Å². The van der Waals surface area contributed by atoms with E-state index in [2.05, 4.69) is 11.1 Å². The minimum Gasteiger partial charge on any atom is -0.385 e. The van der Waals surface area contributed by atoms with Gasteiger partial charge in [0.15, 0.2) is 0 Å². The highest BCUT2D eigenvalue weighted by Gasteiger charge is 2.23. The predicted molar refractivity (Wildman–Crippen MR) is 147 cm³/mol. The second-order valence-corrected chi connectivity index (χ2v) is 9.49. The van der Waals surface area contributed by atoms with Gasteiger partial charge < -0.3 is 19.5 Å². The summed E-state index contributed by atoms with van der Waals surface area (Å²) in [4.78, 5) is 33.7. The number of carbonyl (C=O) groups is 2. The Morgan fingerprint density at radius 3 is 2.39 bits per heavy atom. The second kappa shape index (κ2) is 13.0. The normalized spacial score (nSPS) is 11.0. The fourth-order valence-corrected chi connectivity index (χ4v) is 4.49. The van der Waals surface area contributed by atoms with Crippen LogP contribution in [0.15, 0.2) is 79.0 Å². The number of carbonyl (C=O) groups excluding carboxylic acids is 2. The number of aromatic nitrogens is 1. The van der Waals surface area contributed by atoms with E-state index in [0.717, 1.165) is 27.6 Å². The summed E-state index contributed by atoms with van der Waals surface area (Å²) in [6, 6.07) is 21.6. The Labute approximate surface area is 223 Å². The first-order chi connectivity index (χ1) is 18.4. The molecule has 7 heteroatoms. The van der Waals surface area contributed by atoms with Crippen molar-refractivity contribution in [1.82, 2.24) is 14.8 Å². The highest BCUT2D eigenvalue weighted by atomic mass is 19.1. The van der Waals surface area contributed by atoms with Crippen molar-refractivity contribution >= 4 is 22.7 Å². The zero-order chi connectivity index (χ0) is 26.9. The Morgan fingerprint density at radius 2 is 1.66 bits per heavy atom. The number of aromatic amines is 1. The lowest BCUT2D eigenvalue weighted by Gasteiger charge is -2.28. The zero-order valence-corrected chi connectivity index (χ0v) is 22.0. The number of benzene rings is 3. The van der Waals surface area contributed by atoms with E-state index in [9.17, 15) is 14.0 Å². The average molecular weight is 516 g/mol. The number of methoxy groups -OCH3 is 1. The fraction of sp³-hybridized carbons (Fsp3) is 0.290. The van der Waals surface area contributed by atoms with E-state index in [0.29, 0.717) is 44.6 Å². The Balaban J connectivity index is 1.53. The molecule has 4 aromatic rings. The maximum Gasteiger partial charge on any atom is 0.254 e. The van der Waals surface area contributed by atoms with Gasteiger partial charge in [-0.05, 0) is 61.2 Å². The first-order valence-electron chi connectivity index (χ1n) is 12.9. The van der Waals surface area contributed by atoms with Gasteiger partial charge in [-0.1, -0.05) is 48.0 Å². The Hall–Kier alpha value is -3.97. The lowest BCUT2D eigenvalue weighted by Crippen LogP contribution is -2.44. The summed E-state index contributed by atoms with van der Waals surface area (Å²) >= 11 is 0.